The highest BCUT2D eigenvalue weighted by atomic mass is 35.5. The van der Waals surface area contributed by atoms with Crippen molar-refractivity contribution < 1.29 is 9.59 Å². The number of aromatic nitrogens is 1. The molecule has 1 aromatic heterocycles. The number of carbonyl (C=O) groups is 2. The van der Waals surface area contributed by atoms with Crippen molar-refractivity contribution in [2.24, 2.45) is 5.92 Å². The van der Waals surface area contributed by atoms with Crippen molar-refractivity contribution in [2.75, 3.05) is 29.2 Å². The molecule has 0 atom stereocenters. The van der Waals surface area contributed by atoms with Crippen molar-refractivity contribution in [3.8, 4) is 0 Å². The lowest BCUT2D eigenvalue weighted by Crippen LogP contribution is -2.35. The Hall–Kier alpha value is -2.60. The van der Waals surface area contributed by atoms with Gasteiger partial charge in [0.15, 0.2) is 0 Å². The van der Waals surface area contributed by atoms with Gasteiger partial charge in [0.1, 0.15) is 0 Å². The summed E-state index contributed by atoms with van der Waals surface area (Å²) < 4.78 is 0. The van der Waals surface area contributed by atoms with E-state index >= 15 is 0 Å². The monoisotopic (exact) mass is 428 g/mol. The van der Waals surface area contributed by atoms with E-state index in [1.807, 2.05) is 24.3 Å². The number of pyridine rings is 1. The lowest BCUT2D eigenvalue weighted by Gasteiger charge is -2.33. The van der Waals surface area contributed by atoms with E-state index in [-0.39, 0.29) is 11.8 Å². The van der Waals surface area contributed by atoms with Crippen LogP contribution in [-0.4, -0.2) is 35.8 Å². The number of halogens is 1. The number of piperidine rings is 1. The van der Waals surface area contributed by atoms with E-state index in [0.29, 0.717) is 42.4 Å². The topological polar surface area (TPSA) is 74.3 Å². The molecule has 2 heterocycles. The molecule has 2 aromatic rings. The molecule has 3 rings (SSSR count). The molecule has 0 aliphatic carbocycles. The Morgan fingerprint density at radius 3 is 2.73 bits per heavy atom. The van der Waals surface area contributed by atoms with Gasteiger partial charge in [-0.1, -0.05) is 13.0 Å². The summed E-state index contributed by atoms with van der Waals surface area (Å²) in [5.41, 5.74) is 3.04. The van der Waals surface area contributed by atoms with Crippen LogP contribution in [0.5, 0.6) is 0 Å². The number of hydrogen-bond acceptors (Lipinski definition) is 4. The maximum absolute atomic E-state index is 13.1. The van der Waals surface area contributed by atoms with Gasteiger partial charge in [-0.2, -0.15) is 0 Å². The number of anilines is 2. The molecule has 30 heavy (non-hydrogen) atoms. The highest BCUT2D eigenvalue weighted by molar-refractivity contribution is 6.18. The average molecular weight is 429 g/mol. The van der Waals surface area contributed by atoms with Crippen molar-refractivity contribution >= 4 is 34.8 Å². The summed E-state index contributed by atoms with van der Waals surface area (Å²) in [6.07, 6.45) is 6.63. The largest absolute Gasteiger partial charge is 0.371 e. The van der Waals surface area contributed by atoms with Gasteiger partial charge in [-0.15, -0.1) is 11.6 Å². The second-order valence-corrected chi connectivity index (χ2v) is 8.16. The van der Waals surface area contributed by atoms with E-state index in [1.54, 1.807) is 18.5 Å². The Morgan fingerprint density at radius 2 is 2.03 bits per heavy atom. The first kappa shape index (κ1) is 22.1. The standard InChI is InChI=1S/C23H29ClN4O2/c1-17-8-12-28(13-9-17)21-7-6-19(27-22(29)5-2-10-24)14-20(21)23(30)26-16-18-4-3-11-25-15-18/h3-4,6-7,11,14-15,17H,2,5,8-10,12-13,16H2,1H3,(H,26,30)(H,27,29). The van der Waals surface area contributed by atoms with Crippen LogP contribution in [0, 0.1) is 5.92 Å². The Kier molecular flexibility index (Phi) is 8.08. The van der Waals surface area contributed by atoms with Crippen molar-refractivity contribution in [1.29, 1.82) is 0 Å². The molecule has 0 bridgehead atoms. The quantitative estimate of drug-likeness (QED) is 0.618. The molecule has 0 unspecified atom stereocenters. The molecular formula is C23H29ClN4O2. The van der Waals surface area contributed by atoms with Crippen LogP contribution in [0.3, 0.4) is 0 Å². The van der Waals surface area contributed by atoms with E-state index in [9.17, 15) is 9.59 Å². The molecule has 160 valence electrons. The van der Waals surface area contributed by atoms with Crippen LogP contribution in [0.25, 0.3) is 0 Å². The fourth-order valence-corrected chi connectivity index (χ4v) is 3.69. The maximum atomic E-state index is 13.1. The zero-order chi connectivity index (χ0) is 21.3. The number of nitrogens with zero attached hydrogens (tertiary/aromatic N) is 2. The third-order valence-corrected chi connectivity index (χ3v) is 5.63. The fourth-order valence-electron chi connectivity index (χ4n) is 3.55. The van der Waals surface area contributed by atoms with Gasteiger partial charge in [-0.05, 0) is 55.0 Å². The number of amides is 2. The van der Waals surface area contributed by atoms with E-state index < -0.39 is 0 Å². The summed E-state index contributed by atoms with van der Waals surface area (Å²) in [6, 6.07) is 9.34. The molecule has 1 fully saturated rings. The molecule has 6 nitrogen and oxygen atoms in total. The Bertz CT molecular complexity index is 852. The normalized spacial score (nSPS) is 14.4. The predicted molar refractivity (Wildman–Crippen MR) is 121 cm³/mol. The maximum Gasteiger partial charge on any atom is 0.253 e. The molecule has 2 amide bonds. The Morgan fingerprint density at radius 1 is 1.23 bits per heavy atom. The van der Waals surface area contributed by atoms with Crippen LogP contribution in [-0.2, 0) is 11.3 Å². The summed E-state index contributed by atoms with van der Waals surface area (Å²) in [4.78, 5) is 31.5. The molecule has 0 spiro atoms. The molecule has 1 aliphatic rings. The summed E-state index contributed by atoms with van der Waals surface area (Å²) >= 11 is 5.67. The fraction of sp³-hybridized carbons (Fsp3) is 0.435. The first-order valence-corrected chi connectivity index (χ1v) is 11.0. The van der Waals surface area contributed by atoms with E-state index in [2.05, 4.69) is 27.4 Å². The highest BCUT2D eigenvalue weighted by Crippen LogP contribution is 2.29. The second kappa shape index (κ2) is 11.0. The lowest BCUT2D eigenvalue weighted by molar-refractivity contribution is -0.116. The lowest BCUT2D eigenvalue weighted by atomic mass is 9.97. The van der Waals surface area contributed by atoms with Gasteiger partial charge in [0.05, 0.1) is 5.56 Å². The Labute approximate surface area is 183 Å². The summed E-state index contributed by atoms with van der Waals surface area (Å²) in [5.74, 6) is 0.882. The predicted octanol–water partition coefficient (Wildman–Crippen LogP) is 4.21. The van der Waals surface area contributed by atoms with Crippen LogP contribution in [0.2, 0.25) is 0 Å². The molecule has 0 saturated carbocycles. The van der Waals surface area contributed by atoms with Crippen molar-refractivity contribution in [2.45, 2.75) is 39.2 Å². The Balaban J connectivity index is 1.78. The van der Waals surface area contributed by atoms with Crippen molar-refractivity contribution in [3.63, 3.8) is 0 Å². The van der Waals surface area contributed by atoms with Gasteiger partial charge in [-0.3, -0.25) is 14.6 Å². The van der Waals surface area contributed by atoms with Gasteiger partial charge in [0.25, 0.3) is 5.91 Å². The zero-order valence-corrected chi connectivity index (χ0v) is 18.1. The molecule has 0 radical (unpaired) electrons. The molecule has 7 heteroatoms. The molecule has 2 N–H and O–H groups in total. The summed E-state index contributed by atoms with van der Waals surface area (Å²) in [7, 11) is 0. The van der Waals surface area contributed by atoms with Gasteiger partial charge in [-0.25, -0.2) is 0 Å². The minimum atomic E-state index is -0.163. The number of benzene rings is 1. The first-order chi connectivity index (χ1) is 14.6. The molecule has 1 aliphatic heterocycles. The number of alkyl halides is 1. The summed E-state index contributed by atoms with van der Waals surface area (Å²) in [6.45, 7) is 4.50. The van der Waals surface area contributed by atoms with Crippen LogP contribution < -0.4 is 15.5 Å². The van der Waals surface area contributed by atoms with E-state index in [1.165, 1.54) is 0 Å². The van der Waals surface area contributed by atoms with E-state index in [0.717, 1.165) is 37.2 Å². The smallest absolute Gasteiger partial charge is 0.253 e. The van der Waals surface area contributed by atoms with E-state index in [4.69, 9.17) is 11.6 Å². The van der Waals surface area contributed by atoms with Gasteiger partial charge >= 0.3 is 0 Å². The van der Waals surface area contributed by atoms with Gasteiger partial charge in [0.2, 0.25) is 5.91 Å². The van der Waals surface area contributed by atoms with Crippen LogP contribution in [0.4, 0.5) is 11.4 Å². The SMILES string of the molecule is CC1CCN(c2ccc(NC(=O)CCCCl)cc2C(=O)NCc2cccnc2)CC1. The van der Waals surface area contributed by atoms with Crippen molar-refractivity contribution in [1.82, 2.24) is 10.3 Å². The molecule has 1 saturated heterocycles. The zero-order valence-electron chi connectivity index (χ0n) is 17.4. The minimum Gasteiger partial charge on any atom is -0.371 e. The third-order valence-electron chi connectivity index (χ3n) is 5.36. The number of rotatable bonds is 8. The van der Waals surface area contributed by atoms with Crippen LogP contribution >= 0.6 is 11.6 Å². The average Bonchev–Trinajstić information content (AvgIpc) is 2.77. The van der Waals surface area contributed by atoms with Gasteiger partial charge in [0, 0.05) is 55.7 Å². The molecular weight excluding hydrogens is 400 g/mol. The minimum absolute atomic E-state index is 0.100. The first-order valence-electron chi connectivity index (χ1n) is 10.5. The third kappa shape index (κ3) is 6.20. The second-order valence-electron chi connectivity index (χ2n) is 7.79. The molecule has 1 aromatic carbocycles. The van der Waals surface area contributed by atoms with Crippen LogP contribution in [0.15, 0.2) is 42.7 Å². The van der Waals surface area contributed by atoms with Gasteiger partial charge < -0.3 is 15.5 Å². The highest BCUT2D eigenvalue weighted by Gasteiger charge is 2.22. The van der Waals surface area contributed by atoms with Crippen molar-refractivity contribution in [3.05, 3.63) is 53.9 Å². The number of nitrogens with one attached hydrogen (secondary N) is 2. The number of hydrogen-bond donors (Lipinski definition) is 2. The van der Waals surface area contributed by atoms with Crippen LogP contribution in [0.1, 0.15) is 48.5 Å². The summed E-state index contributed by atoms with van der Waals surface area (Å²) in [5, 5.41) is 5.86. The number of carbonyl (C=O) groups excluding carboxylic acids is 2.